The smallest absolute Gasteiger partial charge is 0.330 e. The van der Waals surface area contributed by atoms with E-state index in [-0.39, 0.29) is 6.42 Å². The summed E-state index contributed by atoms with van der Waals surface area (Å²) in [4.78, 5) is 21.6. The van der Waals surface area contributed by atoms with Crippen molar-refractivity contribution in [1.82, 2.24) is 15.8 Å². The van der Waals surface area contributed by atoms with Crippen LogP contribution in [0.15, 0.2) is 0 Å². The third-order valence-corrected chi connectivity index (χ3v) is 1.25. The van der Waals surface area contributed by atoms with Crippen LogP contribution in [0.1, 0.15) is 6.42 Å². The Morgan fingerprint density at radius 3 is 2.50 bits per heavy atom. The number of carbonyl (C=O) groups excluding carboxylic acids is 1. The first-order valence-electron chi connectivity index (χ1n) is 3.88. The van der Waals surface area contributed by atoms with Gasteiger partial charge in [-0.25, -0.2) is 14.6 Å². The lowest BCUT2D eigenvalue weighted by Gasteiger charge is -2.16. The number of terminal acetylenes is 1. The van der Waals surface area contributed by atoms with Crippen LogP contribution >= 0.6 is 0 Å². The van der Waals surface area contributed by atoms with Crippen LogP contribution in [0.3, 0.4) is 0 Å². The maximum absolute atomic E-state index is 11.0. The highest BCUT2D eigenvalue weighted by atomic mass is 16.4. The summed E-state index contributed by atoms with van der Waals surface area (Å²) in [6.07, 6.45) is 4.90. The Morgan fingerprint density at radius 2 is 2.14 bits per heavy atom. The molecule has 0 aliphatic carbocycles. The molecule has 0 bridgehead atoms. The average molecular weight is 199 g/mol. The van der Waals surface area contributed by atoms with E-state index in [1.54, 1.807) is 14.1 Å². The number of amides is 2. The first-order valence-corrected chi connectivity index (χ1v) is 3.88. The van der Waals surface area contributed by atoms with E-state index in [1.165, 1.54) is 5.01 Å². The highest BCUT2D eigenvalue weighted by molar-refractivity contribution is 5.82. The molecule has 0 rings (SSSR count). The second-order valence-electron chi connectivity index (χ2n) is 2.78. The maximum atomic E-state index is 11.0. The predicted molar refractivity (Wildman–Crippen MR) is 50.2 cm³/mol. The molecule has 0 aliphatic heterocycles. The summed E-state index contributed by atoms with van der Waals surface area (Å²) < 4.78 is 0. The van der Waals surface area contributed by atoms with Crippen LogP contribution < -0.4 is 10.7 Å². The SMILES string of the molecule is C#CCC(NC(=O)NN(C)C)C(=O)O. The van der Waals surface area contributed by atoms with E-state index in [9.17, 15) is 9.59 Å². The first kappa shape index (κ1) is 12.3. The fraction of sp³-hybridized carbons (Fsp3) is 0.500. The summed E-state index contributed by atoms with van der Waals surface area (Å²) in [5.74, 6) is 1.02. The van der Waals surface area contributed by atoms with Crippen molar-refractivity contribution in [3.05, 3.63) is 0 Å². The minimum atomic E-state index is -1.16. The van der Waals surface area contributed by atoms with Gasteiger partial charge < -0.3 is 10.4 Å². The number of carboxylic acid groups (broad SMARTS) is 1. The molecule has 6 nitrogen and oxygen atoms in total. The molecule has 0 fully saturated rings. The first-order chi connectivity index (χ1) is 6.47. The van der Waals surface area contributed by atoms with Gasteiger partial charge in [0.25, 0.3) is 0 Å². The number of urea groups is 1. The Labute approximate surface area is 82.2 Å². The summed E-state index contributed by atoms with van der Waals surface area (Å²) >= 11 is 0. The molecule has 0 aliphatic rings. The van der Waals surface area contributed by atoms with E-state index in [0.29, 0.717) is 0 Å². The van der Waals surface area contributed by atoms with Gasteiger partial charge in [-0.3, -0.25) is 5.43 Å². The molecule has 0 aromatic rings. The molecule has 1 unspecified atom stereocenters. The van der Waals surface area contributed by atoms with Gasteiger partial charge in [0.1, 0.15) is 6.04 Å². The molecule has 0 spiro atoms. The number of nitrogens with one attached hydrogen (secondary N) is 2. The molecule has 0 aromatic carbocycles. The predicted octanol–water partition coefficient (Wildman–Crippen LogP) is -0.761. The third kappa shape index (κ3) is 5.00. The van der Waals surface area contributed by atoms with Crippen LogP contribution in [0, 0.1) is 12.3 Å². The van der Waals surface area contributed by atoms with E-state index in [2.05, 4.69) is 16.7 Å². The Bertz CT molecular complexity index is 257. The molecule has 14 heavy (non-hydrogen) atoms. The molecule has 3 N–H and O–H groups in total. The van der Waals surface area contributed by atoms with Crippen molar-refractivity contribution in [3.8, 4) is 12.3 Å². The molecule has 0 saturated carbocycles. The van der Waals surface area contributed by atoms with Crippen LogP contribution in [0.4, 0.5) is 4.79 Å². The number of nitrogens with zero attached hydrogens (tertiary/aromatic N) is 1. The Balaban J connectivity index is 4.11. The molecular weight excluding hydrogens is 186 g/mol. The summed E-state index contributed by atoms with van der Waals surface area (Å²) in [7, 11) is 3.22. The quantitative estimate of drug-likeness (QED) is 0.410. The van der Waals surface area contributed by atoms with Crippen LogP contribution in [0.2, 0.25) is 0 Å². The average Bonchev–Trinajstić information content (AvgIpc) is 2.01. The Hall–Kier alpha value is -1.74. The van der Waals surface area contributed by atoms with Gasteiger partial charge in [-0.2, -0.15) is 0 Å². The highest BCUT2D eigenvalue weighted by Crippen LogP contribution is 1.90. The van der Waals surface area contributed by atoms with E-state index < -0.39 is 18.0 Å². The van der Waals surface area contributed by atoms with Crippen molar-refractivity contribution in [3.63, 3.8) is 0 Å². The molecule has 78 valence electrons. The summed E-state index contributed by atoms with van der Waals surface area (Å²) in [5, 5.41) is 12.2. The maximum Gasteiger partial charge on any atom is 0.330 e. The fourth-order valence-corrected chi connectivity index (χ4v) is 0.712. The number of carbonyl (C=O) groups is 2. The number of hydrazine groups is 1. The number of rotatable bonds is 4. The summed E-state index contributed by atoms with van der Waals surface area (Å²) in [6.45, 7) is 0. The summed E-state index contributed by atoms with van der Waals surface area (Å²) in [5.41, 5.74) is 2.34. The van der Waals surface area contributed by atoms with Gasteiger partial charge in [0.2, 0.25) is 0 Å². The second-order valence-corrected chi connectivity index (χ2v) is 2.78. The van der Waals surface area contributed by atoms with E-state index in [0.717, 1.165) is 0 Å². The molecule has 0 heterocycles. The lowest BCUT2D eigenvalue weighted by atomic mass is 10.2. The largest absolute Gasteiger partial charge is 0.480 e. The van der Waals surface area contributed by atoms with Crippen LogP contribution in [-0.4, -0.2) is 42.3 Å². The van der Waals surface area contributed by atoms with Crippen LogP contribution in [0.5, 0.6) is 0 Å². The molecule has 6 heteroatoms. The topological polar surface area (TPSA) is 81.7 Å². The zero-order valence-corrected chi connectivity index (χ0v) is 8.07. The molecule has 0 aromatic heterocycles. The van der Waals surface area contributed by atoms with E-state index in [4.69, 9.17) is 11.5 Å². The minimum Gasteiger partial charge on any atom is -0.480 e. The van der Waals surface area contributed by atoms with Crippen LogP contribution in [0.25, 0.3) is 0 Å². The standard InChI is InChI=1S/C8H13N3O3/c1-4-5-6(7(12)13)9-8(14)10-11(2)3/h1,6H,5H2,2-3H3,(H,12,13)(H2,9,10,14). The van der Waals surface area contributed by atoms with Crippen LogP contribution in [-0.2, 0) is 4.79 Å². The molecule has 1 atom stereocenters. The second kappa shape index (κ2) is 5.83. The minimum absolute atomic E-state index is 0.0455. The van der Waals surface area contributed by atoms with Crippen molar-refractivity contribution >= 4 is 12.0 Å². The molecule has 0 saturated heterocycles. The Morgan fingerprint density at radius 1 is 1.57 bits per heavy atom. The van der Waals surface area contributed by atoms with Crippen molar-refractivity contribution in [2.45, 2.75) is 12.5 Å². The van der Waals surface area contributed by atoms with Crippen molar-refractivity contribution in [2.75, 3.05) is 14.1 Å². The van der Waals surface area contributed by atoms with Gasteiger partial charge in [0.15, 0.2) is 0 Å². The van der Waals surface area contributed by atoms with Gasteiger partial charge in [-0.05, 0) is 0 Å². The lowest BCUT2D eigenvalue weighted by Crippen LogP contribution is -2.49. The van der Waals surface area contributed by atoms with Gasteiger partial charge in [-0.1, -0.05) is 0 Å². The number of hydrogen-bond donors (Lipinski definition) is 3. The number of carboxylic acids is 1. The van der Waals surface area contributed by atoms with E-state index >= 15 is 0 Å². The molecule has 0 radical (unpaired) electrons. The Kier molecular flexibility index (Phi) is 5.10. The lowest BCUT2D eigenvalue weighted by molar-refractivity contribution is -0.139. The zero-order chi connectivity index (χ0) is 11.1. The van der Waals surface area contributed by atoms with E-state index in [1.807, 2.05) is 0 Å². The molecule has 2 amide bonds. The van der Waals surface area contributed by atoms with Crippen molar-refractivity contribution in [2.24, 2.45) is 0 Å². The molecular formula is C8H13N3O3. The highest BCUT2D eigenvalue weighted by Gasteiger charge is 2.18. The number of aliphatic carboxylic acids is 1. The number of hydrogen-bond acceptors (Lipinski definition) is 3. The van der Waals surface area contributed by atoms with Crippen molar-refractivity contribution in [1.29, 1.82) is 0 Å². The van der Waals surface area contributed by atoms with Crippen molar-refractivity contribution < 1.29 is 14.7 Å². The monoisotopic (exact) mass is 199 g/mol. The fourth-order valence-electron chi connectivity index (χ4n) is 0.712. The van der Waals surface area contributed by atoms with Gasteiger partial charge in [-0.15, -0.1) is 12.3 Å². The van der Waals surface area contributed by atoms with Gasteiger partial charge >= 0.3 is 12.0 Å². The third-order valence-electron chi connectivity index (χ3n) is 1.25. The van der Waals surface area contributed by atoms with Gasteiger partial charge in [0.05, 0.1) is 0 Å². The summed E-state index contributed by atoms with van der Waals surface area (Å²) in [6, 6.07) is -1.66. The normalized spacial score (nSPS) is 11.6. The zero-order valence-electron chi connectivity index (χ0n) is 8.07. The van der Waals surface area contributed by atoms with Gasteiger partial charge in [0, 0.05) is 20.5 Å².